The first-order chi connectivity index (χ1) is 10.7. The van der Waals surface area contributed by atoms with E-state index < -0.39 is 6.03 Å². The lowest BCUT2D eigenvalue weighted by Crippen LogP contribution is -2.24. The van der Waals surface area contributed by atoms with Crippen LogP contribution in [0.3, 0.4) is 0 Å². The topological polar surface area (TPSA) is 72.0 Å². The van der Waals surface area contributed by atoms with Crippen molar-refractivity contribution in [2.45, 2.75) is 0 Å². The van der Waals surface area contributed by atoms with Crippen LogP contribution in [0.2, 0.25) is 5.02 Å². The van der Waals surface area contributed by atoms with Crippen LogP contribution in [0.4, 0.5) is 10.5 Å². The Morgan fingerprint density at radius 3 is 2.73 bits per heavy atom. The Labute approximate surface area is 131 Å². The molecule has 112 valence electrons. The van der Waals surface area contributed by atoms with Crippen molar-refractivity contribution in [2.75, 3.05) is 12.1 Å². The Bertz CT molecular complexity index is 716. The van der Waals surface area contributed by atoms with Crippen LogP contribution in [-0.4, -0.2) is 19.0 Å². The number of fused-ring (bicyclic) bond motifs is 1. The van der Waals surface area contributed by atoms with Gasteiger partial charge in [0.25, 0.3) is 0 Å². The molecule has 1 aliphatic rings. The number of ether oxygens (including phenoxy) is 2. The Morgan fingerprint density at radius 1 is 1.14 bits per heavy atom. The number of hydrazone groups is 1. The van der Waals surface area contributed by atoms with Gasteiger partial charge in [0.05, 0.1) is 6.21 Å². The number of rotatable bonds is 3. The molecule has 1 aliphatic heterocycles. The van der Waals surface area contributed by atoms with Gasteiger partial charge < -0.3 is 14.8 Å². The molecule has 0 atom stereocenters. The van der Waals surface area contributed by atoms with Gasteiger partial charge in [-0.2, -0.15) is 5.10 Å². The number of hydrogen-bond donors (Lipinski definition) is 2. The highest BCUT2D eigenvalue weighted by molar-refractivity contribution is 6.30. The normalized spacial score (nSPS) is 12.4. The van der Waals surface area contributed by atoms with Gasteiger partial charge in [0.2, 0.25) is 6.79 Å². The van der Waals surface area contributed by atoms with Gasteiger partial charge in [-0.1, -0.05) is 11.6 Å². The fraction of sp³-hybridized carbons (Fsp3) is 0.0667. The number of hydrogen-bond acceptors (Lipinski definition) is 4. The molecule has 3 rings (SSSR count). The molecule has 2 amide bonds. The van der Waals surface area contributed by atoms with Crippen LogP contribution in [0.1, 0.15) is 5.56 Å². The molecule has 2 aromatic carbocycles. The molecule has 0 unspecified atom stereocenters. The van der Waals surface area contributed by atoms with Crippen LogP contribution in [0.15, 0.2) is 47.6 Å². The number of nitrogens with zero attached hydrogens (tertiary/aromatic N) is 1. The van der Waals surface area contributed by atoms with Gasteiger partial charge in [0, 0.05) is 10.7 Å². The largest absolute Gasteiger partial charge is 0.454 e. The summed E-state index contributed by atoms with van der Waals surface area (Å²) in [6.45, 7) is 0.220. The van der Waals surface area contributed by atoms with E-state index in [9.17, 15) is 4.79 Å². The van der Waals surface area contributed by atoms with E-state index in [0.29, 0.717) is 22.2 Å². The maximum absolute atomic E-state index is 11.7. The van der Waals surface area contributed by atoms with Gasteiger partial charge in [-0.25, -0.2) is 10.2 Å². The van der Waals surface area contributed by atoms with E-state index in [1.54, 1.807) is 36.4 Å². The molecule has 0 aliphatic carbocycles. The lowest BCUT2D eigenvalue weighted by atomic mass is 10.2. The van der Waals surface area contributed by atoms with E-state index in [2.05, 4.69) is 15.8 Å². The van der Waals surface area contributed by atoms with E-state index in [0.717, 1.165) is 5.56 Å². The summed E-state index contributed by atoms with van der Waals surface area (Å²) in [7, 11) is 0. The second-order valence-corrected chi connectivity index (χ2v) is 4.88. The minimum absolute atomic E-state index is 0.220. The fourth-order valence-electron chi connectivity index (χ4n) is 1.85. The SMILES string of the molecule is O=C(N/N=C/c1ccc2c(c1)OCO2)Nc1ccc(Cl)cc1. The van der Waals surface area contributed by atoms with Gasteiger partial charge in [-0.3, -0.25) is 0 Å². The third kappa shape index (κ3) is 3.48. The van der Waals surface area contributed by atoms with Crippen molar-refractivity contribution >= 4 is 29.5 Å². The summed E-state index contributed by atoms with van der Waals surface area (Å²) in [5.41, 5.74) is 3.79. The zero-order valence-corrected chi connectivity index (χ0v) is 12.1. The van der Waals surface area contributed by atoms with Crippen LogP contribution in [-0.2, 0) is 0 Å². The summed E-state index contributed by atoms with van der Waals surface area (Å²) in [5, 5.41) is 7.10. The van der Waals surface area contributed by atoms with E-state index in [4.69, 9.17) is 21.1 Å². The van der Waals surface area contributed by atoms with E-state index in [-0.39, 0.29) is 6.79 Å². The molecule has 0 aromatic heterocycles. The highest BCUT2D eigenvalue weighted by atomic mass is 35.5. The first-order valence-electron chi connectivity index (χ1n) is 6.46. The fourth-order valence-corrected chi connectivity index (χ4v) is 1.98. The number of carbonyl (C=O) groups is 1. The van der Waals surface area contributed by atoms with Crippen LogP contribution >= 0.6 is 11.6 Å². The molecule has 0 bridgehead atoms. The second kappa shape index (κ2) is 6.36. The molecule has 0 spiro atoms. The third-order valence-corrected chi connectivity index (χ3v) is 3.13. The molecule has 0 saturated carbocycles. The van der Waals surface area contributed by atoms with E-state index >= 15 is 0 Å². The van der Waals surface area contributed by atoms with Gasteiger partial charge in [-0.15, -0.1) is 0 Å². The summed E-state index contributed by atoms with van der Waals surface area (Å²) in [6.07, 6.45) is 1.52. The Hall–Kier alpha value is -2.73. The van der Waals surface area contributed by atoms with Crippen LogP contribution in [0.5, 0.6) is 11.5 Å². The molecule has 1 heterocycles. The minimum Gasteiger partial charge on any atom is -0.454 e. The van der Waals surface area contributed by atoms with Crippen molar-refractivity contribution in [3.05, 3.63) is 53.1 Å². The van der Waals surface area contributed by atoms with Crippen molar-refractivity contribution in [3.8, 4) is 11.5 Å². The molecule has 0 saturated heterocycles. The smallest absolute Gasteiger partial charge is 0.339 e. The standard InChI is InChI=1S/C15H12ClN3O3/c16-11-2-4-12(5-3-11)18-15(20)19-17-8-10-1-6-13-14(7-10)22-9-21-13/h1-8H,9H2,(H2,18,19,20)/b17-8+. The molecule has 0 radical (unpaired) electrons. The van der Waals surface area contributed by atoms with E-state index in [1.807, 2.05) is 6.07 Å². The lowest BCUT2D eigenvalue weighted by Gasteiger charge is -2.03. The lowest BCUT2D eigenvalue weighted by molar-refractivity contribution is 0.174. The van der Waals surface area contributed by atoms with Crippen molar-refractivity contribution < 1.29 is 14.3 Å². The number of nitrogens with one attached hydrogen (secondary N) is 2. The van der Waals surface area contributed by atoms with Crippen molar-refractivity contribution in [1.29, 1.82) is 0 Å². The number of benzene rings is 2. The van der Waals surface area contributed by atoms with Crippen LogP contribution in [0, 0.1) is 0 Å². The van der Waals surface area contributed by atoms with Gasteiger partial charge in [-0.05, 0) is 48.0 Å². The van der Waals surface area contributed by atoms with Crippen molar-refractivity contribution in [3.63, 3.8) is 0 Å². The highest BCUT2D eigenvalue weighted by Gasteiger charge is 2.12. The highest BCUT2D eigenvalue weighted by Crippen LogP contribution is 2.31. The third-order valence-electron chi connectivity index (χ3n) is 2.88. The molecule has 7 heteroatoms. The second-order valence-electron chi connectivity index (χ2n) is 4.44. The summed E-state index contributed by atoms with van der Waals surface area (Å²) in [4.78, 5) is 11.7. The summed E-state index contributed by atoms with van der Waals surface area (Å²) in [5.74, 6) is 1.36. The van der Waals surface area contributed by atoms with Gasteiger partial charge in [0.1, 0.15) is 0 Å². The Kier molecular flexibility index (Phi) is 4.11. The average molecular weight is 318 g/mol. The molecular weight excluding hydrogens is 306 g/mol. The van der Waals surface area contributed by atoms with Gasteiger partial charge >= 0.3 is 6.03 Å². The first-order valence-corrected chi connectivity index (χ1v) is 6.84. The number of halogens is 1. The first kappa shape index (κ1) is 14.2. The van der Waals surface area contributed by atoms with Crippen molar-refractivity contribution in [1.82, 2.24) is 5.43 Å². The van der Waals surface area contributed by atoms with Crippen LogP contribution < -0.4 is 20.2 Å². The number of amides is 2. The Balaban J connectivity index is 1.55. The summed E-state index contributed by atoms with van der Waals surface area (Å²) >= 11 is 5.77. The molecule has 2 aromatic rings. The number of carbonyl (C=O) groups excluding carboxylic acids is 1. The molecule has 6 nitrogen and oxygen atoms in total. The predicted molar refractivity (Wildman–Crippen MR) is 83.8 cm³/mol. The van der Waals surface area contributed by atoms with Gasteiger partial charge in [0.15, 0.2) is 11.5 Å². The predicted octanol–water partition coefficient (Wildman–Crippen LogP) is 3.22. The quantitative estimate of drug-likeness (QED) is 0.674. The monoisotopic (exact) mass is 317 g/mol. The molecule has 2 N–H and O–H groups in total. The zero-order valence-electron chi connectivity index (χ0n) is 11.4. The van der Waals surface area contributed by atoms with E-state index in [1.165, 1.54) is 6.21 Å². The molecular formula is C15H12ClN3O3. The number of anilines is 1. The number of urea groups is 1. The zero-order chi connectivity index (χ0) is 15.4. The minimum atomic E-state index is -0.445. The van der Waals surface area contributed by atoms with Crippen molar-refractivity contribution in [2.24, 2.45) is 5.10 Å². The molecule has 22 heavy (non-hydrogen) atoms. The summed E-state index contributed by atoms with van der Waals surface area (Å²) in [6, 6.07) is 11.7. The maximum atomic E-state index is 11.7. The summed E-state index contributed by atoms with van der Waals surface area (Å²) < 4.78 is 10.5. The average Bonchev–Trinajstić information content (AvgIpc) is 2.97. The molecule has 0 fully saturated rings. The maximum Gasteiger partial charge on any atom is 0.339 e. The Morgan fingerprint density at radius 2 is 1.91 bits per heavy atom. The van der Waals surface area contributed by atoms with Crippen LogP contribution in [0.25, 0.3) is 0 Å².